The van der Waals surface area contributed by atoms with Crippen molar-refractivity contribution in [3.8, 4) is 0 Å². The van der Waals surface area contributed by atoms with Crippen molar-refractivity contribution >= 4 is 11.6 Å². The SMILES string of the molecule is CCC1(CNC(C)C(=O)Nc2ccccc2)CCC1. The van der Waals surface area contributed by atoms with Crippen molar-refractivity contribution in [2.45, 2.75) is 45.6 Å². The molecule has 0 heterocycles. The van der Waals surface area contributed by atoms with E-state index in [2.05, 4.69) is 17.6 Å². The lowest BCUT2D eigenvalue weighted by atomic mass is 9.67. The number of benzene rings is 1. The van der Waals surface area contributed by atoms with Gasteiger partial charge in [-0.3, -0.25) is 4.79 Å². The monoisotopic (exact) mass is 260 g/mol. The van der Waals surface area contributed by atoms with E-state index >= 15 is 0 Å². The molecule has 1 unspecified atom stereocenters. The number of hydrogen-bond donors (Lipinski definition) is 2. The van der Waals surface area contributed by atoms with E-state index in [1.54, 1.807) is 0 Å². The van der Waals surface area contributed by atoms with E-state index in [1.165, 1.54) is 25.7 Å². The Kier molecular flexibility index (Phi) is 4.59. The van der Waals surface area contributed by atoms with Crippen LogP contribution in [0.25, 0.3) is 0 Å². The predicted molar refractivity (Wildman–Crippen MR) is 79.1 cm³/mol. The summed E-state index contributed by atoms with van der Waals surface area (Å²) < 4.78 is 0. The first-order valence-corrected chi connectivity index (χ1v) is 7.24. The third-order valence-corrected chi connectivity index (χ3v) is 4.38. The lowest BCUT2D eigenvalue weighted by Gasteiger charge is -2.42. The zero-order chi connectivity index (χ0) is 13.7. The van der Waals surface area contributed by atoms with Crippen LogP contribution < -0.4 is 10.6 Å². The molecule has 1 saturated carbocycles. The highest BCUT2D eigenvalue weighted by Crippen LogP contribution is 2.43. The minimum Gasteiger partial charge on any atom is -0.325 e. The van der Waals surface area contributed by atoms with Crippen LogP contribution in [-0.4, -0.2) is 18.5 Å². The number of para-hydroxylation sites is 1. The van der Waals surface area contributed by atoms with Crippen LogP contribution in [0.4, 0.5) is 5.69 Å². The average Bonchev–Trinajstić information content (AvgIpc) is 2.39. The van der Waals surface area contributed by atoms with Crippen LogP contribution in [0, 0.1) is 5.41 Å². The van der Waals surface area contributed by atoms with E-state index < -0.39 is 0 Å². The summed E-state index contributed by atoms with van der Waals surface area (Å²) in [4.78, 5) is 12.1. The second kappa shape index (κ2) is 6.20. The van der Waals surface area contributed by atoms with Crippen molar-refractivity contribution in [3.05, 3.63) is 30.3 Å². The van der Waals surface area contributed by atoms with Gasteiger partial charge in [-0.25, -0.2) is 0 Å². The zero-order valence-corrected chi connectivity index (χ0v) is 11.9. The van der Waals surface area contributed by atoms with E-state index in [-0.39, 0.29) is 11.9 Å². The van der Waals surface area contributed by atoms with Gasteiger partial charge in [-0.15, -0.1) is 0 Å². The van der Waals surface area contributed by atoms with Crippen molar-refractivity contribution in [1.29, 1.82) is 0 Å². The Hall–Kier alpha value is -1.35. The van der Waals surface area contributed by atoms with Gasteiger partial charge < -0.3 is 10.6 Å². The Bertz CT molecular complexity index is 407. The Morgan fingerprint density at radius 3 is 2.53 bits per heavy atom. The summed E-state index contributed by atoms with van der Waals surface area (Å²) >= 11 is 0. The second-order valence-corrected chi connectivity index (χ2v) is 5.66. The highest BCUT2D eigenvalue weighted by atomic mass is 16.2. The molecule has 2 N–H and O–H groups in total. The normalized spacial score (nSPS) is 18.4. The smallest absolute Gasteiger partial charge is 0.241 e. The molecule has 0 saturated heterocycles. The van der Waals surface area contributed by atoms with Crippen molar-refractivity contribution in [2.24, 2.45) is 5.41 Å². The lowest BCUT2D eigenvalue weighted by Crippen LogP contribution is -2.46. The summed E-state index contributed by atoms with van der Waals surface area (Å²) in [6.07, 6.45) is 5.13. The van der Waals surface area contributed by atoms with Gasteiger partial charge in [0.15, 0.2) is 0 Å². The minimum absolute atomic E-state index is 0.0387. The number of carbonyl (C=O) groups is 1. The quantitative estimate of drug-likeness (QED) is 0.824. The van der Waals surface area contributed by atoms with E-state index in [0.717, 1.165) is 12.2 Å². The fraction of sp³-hybridized carbons (Fsp3) is 0.562. The van der Waals surface area contributed by atoms with E-state index in [4.69, 9.17) is 0 Å². The molecule has 1 aliphatic carbocycles. The van der Waals surface area contributed by atoms with Crippen LogP contribution in [0.2, 0.25) is 0 Å². The molecule has 2 rings (SSSR count). The fourth-order valence-electron chi connectivity index (χ4n) is 2.57. The van der Waals surface area contributed by atoms with Gasteiger partial charge in [0.2, 0.25) is 5.91 Å². The maximum atomic E-state index is 12.1. The number of amides is 1. The van der Waals surface area contributed by atoms with Gasteiger partial charge in [0.1, 0.15) is 0 Å². The Balaban J connectivity index is 1.79. The van der Waals surface area contributed by atoms with Crippen molar-refractivity contribution < 1.29 is 4.79 Å². The molecule has 0 bridgehead atoms. The first-order chi connectivity index (χ1) is 9.15. The van der Waals surface area contributed by atoms with Gasteiger partial charge in [-0.1, -0.05) is 31.5 Å². The zero-order valence-electron chi connectivity index (χ0n) is 11.9. The van der Waals surface area contributed by atoms with Crippen LogP contribution in [0.1, 0.15) is 39.5 Å². The Labute approximate surface area is 115 Å². The molecular formula is C16H24N2O. The average molecular weight is 260 g/mol. The molecule has 1 aromatic carbocycles. The minimum atomic E-state index is -0.149. The van der Waals surface area contributed by atoms with Crippen LogP contribution in [-0.2, 0) is 4.79 Å². The van der Waals surface area contributed by atoms with Crippen LogP contribution in [0.3, 0.4) is 0 Å². The van der Waals surface area contributed by atoms with Crippen LogP contribution in [0.5, 0.6) is 0 Å². The summed E-state index contributed by atoms with van der Waals surface area (Å²) in [7, 11) is 0. The largest absolute Gasteiger partial charge is 0.325 e. The van der Waals surface area contributed by atoms with Gasteiger partial charge >= 0.3 is 0 Å². The summed E-state index contributed by atoms with van der Waals surface area (Å²) in [5, 5.41) is 6.31. The van der Waals surface area contributed by atoms with Gasteiger partial charge in [0.05, 0.1) is 6.04 Å². The molecule has 1 aliphatic rings. The topological polar surface area (TPSA) is 41.1 Å². The molecule has 0 aliphatic heterocycles. The van der Waals surface area contributed by atoms with Crippen LogP contribution >= 0.6 is 0 Å². The van der Waals surface area contributed by atoms with Crippen LogP contribution in [0.15, 0.2) is 30.3 Å². The van der Waals surface area contributed by atoms with Gasteiger partial charge in [-0.05, 0) is 43.7 Å². The molecule has 3 nitrogen and oxygen atoms in total. The molecule has 1 aromatic rings. The molecule has 0 spiro atoms. The first kappa shape index (κ1) is 14.1. The molecule has 1 atom stereocenters. The summed E-state index contributed by atoms with van der Waals surface area (Å²) in [6, 6.07) is 9.46. The summed E-state index contributed by atoms with van der Waals surface area (Å²) in [5.74, 6) is 0.0387. The number of anilines is 1. The van der Waals surface area contributed by atoms with E-state index in [1.807, 2.05) is 37.3 Å². The standard InChI is InChI=1S/C16H24N2O/c1-3-16(10-7-11-16)12-17-13(2)15(19)18-14-8-5-4-6-9-14/h4-6,8-9,13,17H,3,7,10-12H2,1-2H3,(H,18,19). The second-order valence-electron chi connectivity index (χ2n) is 5.66. The third-order valence-electron chi connectivity index (χ3n) is 4.38. The highest BCUT2D eigenvalue weighted by Gasteiger charge is 2.35. The number of hydrogen-bond acceptors (Lipinski definition) is 2. The molecule has 104 valence electrons. The fourth-order valence-corrected chi connectivity index (χ4v) is 2.57. The van der Waals surface area contributed by atoms with Crippen molar-refractivity contribution in [1.82, 2.24) is 5.32 Å². The molecule has 0 aromatic heterocycles. The molecule has 19 heavy (non-hydrogen) atoms. The summed E-state index contributed by atoms with van der Waals surface area (Å²) in [6.45, 7) is 5.13. The van der Waals surface area contributed by atoms with Gasteiger partial charge in [-0.2, -0.15) is 0 Å². The van der Waals surface area contributed by atoms with E-state index in [0.29, 0.717) is 5.41 Å². The molecule has 0 radical (unpaired) electrons. The summed E-state index contributed by atoms with van der Waals surface area (Å²) in [5.41, 5.74) is 1.30. The highest BCUT2D eigenvalue weighted by molar-refractivity contribution is 5.94. The number of rotatable bonds is 6. The molecule has 1 amide bonds. The molecule has 1 fully saturated rings. The Morgan fingerprint density at radius 2 is 2.00 bits per heavy atom. The number of carbonyl (C=O) groups excluding carboxylic acids is 1. The lowest BCUT2D eigenvalue weighted by molar-refractivity contribution is -0.118. The molecular weight excluding hydrogens is 236 g/mol. The number of nitrogens with one attached hydrogen (secondary N) is 2. The maximum Gasteiger partial charge on any atom is 0.241 e. The maximum absolute atomic E-state index is 12.1. The van der Waals surface area contributed by atoms with Crippen molar-refractivity contribution in [3.63, 3.8) is 0 Å². The molecule has 3 heteroatoms. The van der Waals surface area contributed by atoms with E-state index in [9.17, 15) is 4.79 Å². The van der Waals surface area contributed by atoms with Gasteiger partial charge in [0.25, 0.3) is 0 Å². The Morgan fingerprint density at radius 1 is 1.32 bits per heavy atom. The van der Waals surface area contributed by atoms with Crippen molar-refractivity contribution in [2.75, 3.05) is 11.9 Å². The first-order valence-electron chi connectivity index (χ1n) is 7.24. The predicted octanol–water partition coefficient (Wildman–Crippen LogP) is 3.18. The van der Waals surface area contributed by atoms with Gasteiger partial charge in [0, 0.05) is 12.2 Å². The third kappa shape index (κ3) is 3.57.